The van der Waals surface area contributed by atoms with Gasteiger partial charge >= 0.3 is 0 Å². The number of likely N-dealkylation sites (tertiary alicyclic amines) is 2. The van der Waals surface area contributed by atoms with Crippen molar-refractivity contribution in [3.05, 3.63) is 42.1 Å². The summed E-state index contributed by atoms with van der Waals surface area (Å²) in [4.78, 5) is 41.8. The van der Waals surface area contributed by atoms with Gasteiger partial charge in [-0.05, 0) is 44.7 Å². The first-order valence-electron chi connectivity index (χ1n) is 10.3. The van der Waals surface area contributed by atoms with Crippen molar-refractivity contribution in [3.63, 3.8) is 0 Å². The summed E-state index contributed by atoms with van der Waals surface area (Å²) in [5.74, 6) is 1.28. The van der Waals surface area contributed by atoms with E-state index in [0.29, 0.717) is 17.1 Å². The van der Waals surface area contributed by atoms with Gasteiger partial charge in [0.15, 0.2) is 0 Å². The lowest BCUT2D eigenvalue weighted by Crippen LogP contribution is -2.39. The maximum atomic E-state index is 13.3. The van der Waals surface area contributed by atoms with Crippen LogP contribution in [0.2, 0.25) is 0 Å². The van der Waals surface area contributed by atoms with Crippen molar-refractivity contribution >= 4 is 23.6 Å². The molecule has 2 unspecified atom stereocenters. The van der Waals surface area contributed by atoms with E-state index in [0.717, 1.165) is 51.1 Å². The molecule has 0 aliphatic carbocycles. The number of hydrogen-bond donors (Lipinski definition) is 1. The summed E-state index contributed by atoms with van der Waals surface area (Å²) in [6, 6.07) is 3.61. The van der Waals surface area contributed by atoms with Crippen LogP contribution in [0.5, 0.6) is 0 Å². The third-order valence-corrected chi connectivity index (χ3v) is 6.77. The van der Waals surface area contributed by atoms with Gasteiger partial charge < -0.3 is 14.8 Å². The lowest BCUT2D eigenvalue weighted by molar-refractivity contribution is -0.129. The van der Waals surface area contributed by atoms with Crippen LogP contribution < -0.4 is 0 Å². The van der Waals surface area contributed by atoms with E-state index in [-0.39, 0.29) is 23.0 Å². The van der Waals surface area contributed by atoms with E-state index in [9.17, 15) is 9.59 Å². The van der Waals surface area contributed by atoms with E-state index >= 15 is 0 Å². The molecular formula is C21H27N5O2S. The fourth-order valence-corrected chi connectivity index (χ4v) is 5.10. The molecule has 0 saturated carbocycles. The second-order valence-corrected chi connectivity index (χ2v) is 9.04. The Labute approximate surface area is 175 Å². The predicted octanol–water partition coefficient (Wildman–Crippen LogP) is 2.93. The number of carbonyl (C=O) groups excluding carboxylic acids is 2. The first-order chi connectivity index (χ1) is 14.1. The Hall–Kier alpha value is -2.35. The number of aromatic amines is 1. The Morgan fingerprint density at radius 3 is 2.69 bits per heavy atom. The maximum absolute atomic E-state index is 13.3. The highest BCUT2D eigenvalue weighted by atomic mass is 32.2. The van der Waals surface area contributed by atoms with Crippen LogP contribution in [0.4, 0.5) is 0 Å². The molecule has 7 nitrogen and oxygen atoms in total. The van der Waals surface area contributed by atoms with Crippen LogP contribution in [0.15, 0.2) is 35.7 Å². The fourth-order valence-electron chi connectivity index (χ4n) is 4.12. The fraction of sp³-hybridized carbons (Fsp3) is 0.524. The highest BCUT2D eigenvalue weighted by molar-refractivity contribution is 8.00. The number of imidazole rings is 1. The largest absolute Gasteiger partial charge is 0.348 e. The van der Waals surface area contributed by atoms with Crippen LogP contribution in [0.3, 0.4) is 0 Å². The number of hydrogen-bond acceptors (Lipinski definition) is 5. The van der Waals surface area contributed by atoms with E-state index in [1.807, 2.05) is 29.0 Å². The third-order valence-electron chi connectivity index (χ3n) is 5.67. The Kier molecular flexibility index (Phi) is 6.18. The standard InChI is InChI=1S/C21H27N5O2S/c1-15(20(27)25-11-2-3-12-25)29-19-17(7-4-8-24-19)21(28)26-13-5-6-16(14-26)18-22-9-10-23-18/h4,7-10,15-16H,2-3,5-6,11-14H2,1H3,(H,22,23). The number of nitrogens with zero attached hydrogens (tertiary/aromatic N) is 4. The second kappa shape index (κ2) is 8.98. The molecule has 2 aliphatic heterocycles. The first kappa shape index (κ1) is 19.9. The summed E-state index contributed by atoms with van der Waals surface area (Å²) in [6.07, 6.45) is 9.38. The normalized spacial score (nSPS) is 20.7. The van der Waals surface area contributed by atoms with Gasteiger partial charge in [0, 0.05) is 50.7 Å². The molecule has 4 heterocycles. The summed E-state index contributed by atoms with van der Waals surface area (Å²) in [5.41, 5.74) is 0.582. The number of piperidine rings is 1. The molecular weight excluding hydrogens is 386 g/mol. The van der Waals surface area contributed by atoms with E-state index in [1.54, 1.807) is 18.5 Å². The Bertz CT molecular complexity index is 851. The molecule has 4 rings (SSSR count). The lowest BCUT2D eigenvalue weighted by Gasteiger charge is -2.32. The summed E-state index contributed by atoms with van der Waals surface area (Å²) in [7, 11) is 0. The van der Waals surface area contributed by atoms with Crippen LogP contribution in [-0.2, 0) is 4.79 Å². The molecule has 2 fully saturated rings. The number of aromatic nitrogens is 3. The summed E-state index contributed by atoms with van der Waals surface area (Å²) in [5, 5.41) is 0.379. The molecule has 1 N–H and O–H groups in total. The van der Waals surface area contributed by atoms with Gasteiger partial charge in [0.2, 0.25) is 5.91 Å². The lowest BCUT2D eigenvalue weighted by atomic mass is 9.97. The monoisotopic (exact) mass is 413 g/mol. The van der Waals surface area contributed by atoms with Gasteiger partial charge in [0.05, 0.1) is 10.8 Å². The van der Waals surface area contributed by atoms with Crippen molar-refractivity contribution in [2.24, 2.45) is 0 Å². The van der Waals surface area contributed by atoms with Gasteiger partial charge in [-0.3, -0.25) is 9.59 Å². The number of rotatable bonds is 5. The van der Waals surface area contributed by atoms with Gasteiger partial charge in [0.25, 0.3) is 5.91 Å². The van der Waals surface area contributed by atoms with Gasteiger partial charge in [-0.25, -0.2) is 9.97 Å². The molecule has 2 aliphatic rings. The molecule has 2 amide bonds. The third kappa shape index (κ3) is 4.47. The molecule has 2 atom stereocenters. The van der Waals surface area contributed by atoms with Gasteiger partial charge in [-0.15, -0.1) is 0 Å². The average Bonchev–Trinajstić information content (AvgIpc) is 3.47. The van der Waals surface area contributed by atoms with E-state index in [1.165, 1.54) is 11.8 Å². The quantitative estimate of drug-likeness (QED) is 0.762. The molecule has 154 valence electrons. The minimum absolute atomic E-state index is 0.0160. The SMILES string of the molecule is CC(Sc1ncccc1C(=O)N1CCCC(c2ncc[nH]2)C1)C(=O)N1CCCC1. The van der Waals surface area contributed by atoms with Crippen LogP contribution in [0, 0.1) is 0 Å². The van der Waals surface area contributed by atoms with Gasteiger partial charge in [0.1, 0.15) is 10.9 Å². The summed E-state index contributed by atoms with van der Waals surface area (Å²) >= 11 is 1.39. The van der Waals surface area contributed by atoms with Crippen LogP contribution in [-0.4, -0.2) is 68.0 Å². The van der Waals surface area contributed by atoms with Crippen LogP contribution >= 0.6 is 11.8 Å². The van der Waals surface area contributed by atoms with E-state index in [4.69, 9.17) is 0 Å². The van der Waals surface area contributed by atoms with Crippen molar-refractivity contribution in [2.75, 3.05) is 26.2 Å². The smallest absolute Gasteiger partial charge is 0.256 e. The van der Waals surface area contributed by atoms with Gasteiger partial charge in [-0.1, -0.05) is 11.8 Å². The zero-order valence-electron chi connectivity index (χ0n) is 16.7. The van der Waals surface area contributed by atoms with Crippen molar-refractivity contribution in [1.82, 2.24) is 24.8 Å². The maximum Gasteiger partial charge on any atom is 0.256 e. The number of carbonyl (C=O) groups is 2. The number of amides is 2. The predicted molar refractivity (Wildman–Crippen MR) is 112 cm³/mol. The van der Waals surface area contributed by atoms with E-state index in [2.05, 4.69) is 15.0 Å². The highest BCUT2D eigenvalue weighted by Crippen LogP contribution is 2.30. The minimum Gasteiger partial charge on any atom is -0.348 e. The zero-order chi connectivity index (χ0) is 20.2. The average molecular weight is 414 g/mol. The Morgan fingerprint density at radius 1 is 1.14 bits per heavy atom. The van der Waals surface area contributed by atoms with Crippen LogP contribution in [0.1, 0.15) is 54.7 Å². The Balaban J connectivity index is 1.47. The highest BCUT2D eigenvalue weighted by Gasteiger charge is 2.30. The number of thioether (sulfide) groups is 1. The van der Waals surface area contributed by atoms with Crippen LogP contribution in [0.25, 0.3) is 0 Å². The Morgan fingerprint density at radius 2 is 1.93 bits per heavy atom. The van der Waals surface area contributed by atoms with Crippen molar-refractivity contribution in [1.29, 1.82) is 0 Å². The summed E-state index contributed by atoms with van der Waals surface area (Å²) in [6.45, 7) is 4.95. The van der Waals surface area contributed by atoms with Gasteiger partial charge in [-0.2, -0.15) is 0 Å². The molecule has 2 saturated heterocycles. The molecule has 0 aromatic carbocycles. The minimum atomic E-state index is -0.258. The zero-order valence-corrected chi connectivity index (χ0v) is 17.5. The first-order valence-corrected chi connectivity index (χ1v) is 11.2. The molecule has 0 bridgehead atoms. The molecule has 8 heteroatoms. The summed E-state index contributed by atoms with van der Waals surface area (Å²) < 4.78 is 0. The van der Waals surface area contributed by atoms with Crippen molar-refractivity contribution < 1.29 is 9.59 Å². The topological polar surface area (TPSA) is 82.2 Å². The molecule has 0 radical (unpaired) electrons. The van der Waals surface area contributed by atoms with Crippen molar-refractivity contribution in [3.8, 4) is 0 Å². The molecule has 2 aromatic rings. The number of pyridine rings is 1. The molecule has 29 heavy (non-hydrogen) atoms. The second-order valence-electron chi connectivity index (χ2n) is 7.71. The number of H-pyrrole nitrogens is 1. The van der Waals surface area contributed by atoms with E-state index < -0.39 is 0 Å². The molecule has 0 spiro atoms. The molecule has 2 aromatic heterocycles. The van der Waals surface area contributed by atoms with Crippen molar-refractivity contribution in [2.45, 2.75) is 48.8 Å². The number of nitrogens with one attached hydrogen (secondary N) is 1.